The summed E-state index contributed by atoms with van der Waals surface area (Å²) in [6.07, 6.45) is 4.31. The van der Waals surface area contributed by atoms with E-state index in [1.54, 1.807) is 7.11 Å². The molecule has 1 rings (SSSR count). The van der Waals surface area contributed by atoms with Crippen molar-refractivity contribution in [2.75, 3.05) is 20.2 Å². The van der Waals surface area contributed by atoms with Crippen molar-refractivity contribution in [2.45, 2.75) is 38.8 Å². The Bertz CT molecular complexity index is 375. The molecule has 1 atom stereocenters. The molecule has 0 aliphatic heterocycles. The number of methoxy groups -OCH3 is 1. The first-order valence-electron chi connectivity index (χ1n) is 7.33. The molecule has 0 aliphatic rings. The van der Waals surface area contributed by atoms with E-state index in [1.165, 1.54) is 5.56 Å². The lowest BCUT2D eigenvalue weighted by molar-refractivity contribution is 0.102. The smallest absolute Gasteiger partial charge is 0.118 e. The Morgan fingerprint density at radius 2 is 2.05 bits per heavy atom. The fourth-order valence-corrected chi connectivity index (χ4v) is 2.24. The van der Waals surface area contributed by atoms with Gasteiger partial charge < -0.3 is 9.84 Å². The number of allylic oxidation sites excluding steroid dienone is 1. The Hall–Kier alpha value is -1.32. The van der Waals surface area contributed by atoms with Crippen LogP contribution in [0.15, 0.2) is 36.9 Å². The highest BCUT2D eigenvalue weighted by molar-refractivity contribution is 5.27. The molecule has 1 aromatic carbocycles. The van der Waals surface area contributed by atoms with Gasteiger partial charge in [-0.05, 0) is 43.5 Å². The van der Waals surface area contributed by atoms with Crippen molar-refractivity contribution in [3.8, 4) is 5.75 Å². The zero-order valence-electron chi connectivity index (χ0n) is 12.7. The molecule has 0 amide bonds. The highest BCUT2D eigenvalue weighted by Crippen LogP contribution is 2.14. The SMILES string of the molecule is C=CCC[C@H](O)CN(CCC)Cc1ccc(OC)cc1. The van der Waals surface area contributed by atoms with Gasteiger partial charge in [-0.15, -0.1) is 6.58 Å². The third-order valence-electron chi connectivity index (χ3n) is 3.28. The maximum Gasteiger partial charge on any atom is 0.118 e. The second kappa shape index (κ2) is 9.56. The number of hydrogen-bond acceptors (Lipinski definition) is 3. The predicted molar refractivity (Wildman–Crippen MR) is 84.0 cm³/mol. The summed E-state index contributed by atoms with van der Waals surface area (Å²) in [4.78, 5) is 2.30. The minimum absolute atomic E-state index is 0.280. The second-order valence-corrected chi connectivity index (χ2v) is 5.10. The van der Waals surface area contributed by atoms with E-state index in [4.69, 9.17) is 4.74 Å². The van der Waals surface area contributed by atoms with Gasteiger partial charge in [0, 0.05) is 13.1 Å². The van der Waals surface area contributed by atoms with Gasteiger partial charge in [0.05, 0.1) is 13.2 Å². The van der Waals surface area contributed by atoms with Gasteiger partial charge >= 0.3 is 0 Å². The largest absolute Gasteiger partial charge is 0.497 e. The first kappa shape index (κ1) is 16.7. The lowest BCUT2D eigenvalue weighted by atomic mass is 10.1. The number of hydrogen-bond donors (Lipinski definition) is 1. The van der Waals surface area contributed by atoms with Crippen molar-refractivity contribution in [2.24, 2.45) is 0 Å². The van der Waals surface area contributed by atoms with E-state index < -0.39 is 0 Å². The standard InChI is InChI=1S/C17H27NO2/c1-4-6-7-16(19)14-18(12-5-2)13-15-8-10-17(20-3)11-9-15/h4,8-11,16,19H,1,5-7,12-14H2,2-3H3/t16-/m0/s1. The molecule has 1 N–H and O–H groups in total. The molecule has 0 bridgehead atoms. The van der Waals surface area contributed by atoms with Crippen LogP contribution in [0.4, 0.5) is 0 Å². The maximum atomic E-state index is 10.0. The van der Waals surface area contributed by atoms with Crippen LogP contribution in [-0.2, 0) is 6.54 Å². The van der Waals surface area contributed by atoms with Crippen LogP contribution in [0, 0.1) is 0 Å². The summed E-state index contributed by atoms with van der Waals surface area (Å²) < 4.78 is 5.17. The van der Waals surface area contributed by atoms with Crippen LogP contribution >= 0.6 is 0 Å². The van der Waals surface area contributed by atoms with Gasteiger partial charge in [0.25, 0.3) is 0 Å². The highest BCUT2D eigenvalue weighted by atomic mass is 16.5. The van der Waals surface area contributed by atoms with E-state index in [0.29, 0.717) is 6.54 Å². The maximum absolute atomic E-state index is 10.0. The molecule has 3 heteroatoms. The van der Waals surface area contributed by atoms with E-state index in [9.17, 15) is 5.11 Å². The Balaban J connectivity index is 2.53. The van der Waals surface area contributed by atoms with Crippen LogP contribution in [0.2, 0.25) is 0 Å². The summed E-state index contributed by atoms with van der Waals surface area (Å²) in [7, 11) is 1.67. The van der Waals surface area contributed by atoms with Crippen molar-refractivity contribution in [3.63, 3.8) is 0 Å². The fourth-order valence-electron chi connectivity index (χ4n) is 2.24. The van der Waals surface area contributed by atoms with Crippen LogP contribution in [0.25, 0.3) is 0 Å². The Morgan fingerprint density at radius 1 is 1.35 bits per heavy atom. The van der Waals surface area contributed by atoms with E-state index in [-0.39, 0.29) is 6.10 Å². The van der Waals surface area contributed by atoms with Crippen molar-refractivity contribution < 1.29 is 9.84 Å². The van der Waals surface area contributed by atoms with E-state index in [2.05, 4.69) is 30.5 Å². The highest BCUT2D eigenvalue weighted by Gasteiger charge is 2.11. The Morgan fingerprint density at radius 3 is 2.60 bits per heavy atom. The van der Waals surface area contributed by atoms with E-state index in [1.807, 2.05) is 18.2 Å². The van der Waals surface area contributed by atoms with Crippen LogP contribution in [0.3, 0.4) is 0 Å². The second-order valence-electron chi connectivity index (χ2n) is 5.10. The average molecular weight is 277 g/mol. The zero-order chi connectivity index (χ0) is 14.8. The van der Waals surface area contributed by atoms with Crippen LogP contribution < -0.4 is 4.74 Å². The third-order valence-corrected chi connectivity index (χ3v) is 3.28. The molecule has 0 saturated heterocycles. The topological polar surface area (TPSA) is 32.7 Å². The third kappa shape index (κ3) is 6.22. The molecule has 112 valence electrons. The molecule has 3 nitrogen and oxygen atoms in total. The number of benzene rings is 1. The zero-order valence-corrected chi connectivity index (χ0v) is 12.7. The van der Waals surface area contributed by atoms with Crippen molar-refractivity contribution in [3.05, 3.63) is 42.5 Å². The normalized spacial score (nSPS) is 12.4. The molecule has 0 aromatic heterocycles. The summed E-state index contributed by atoms with van der Waals surface area (Å²) in [6.45, 7) is 8.44. The minimum atomic E-state index is -0.280. The van der Waals surface area contributed by atoms with Crippen molar-refractivity contribution >= 4 is 0 Å². The minimum Gasteiger partial charge on any atom is -0.497 e. The van der Waals surface area contributed by atoms with Crippen molar-refractivity contribution in [1.82, 2.24) is 4.90 Å². The Kier molecular flexibility index (Phi) is 8.00. The van der Waals surface area contributed by atoms with Gasteiger partial charge in [-0.25, -0.2) is 0 Å². The first-order chi connectivity index (χ1) is 9.69. The monoisotopic (exact) mass is 277 g/mol. The summed E-state index contributed by atoms with van der Waals surface area (Å²) in [5.41, 5.74) is 1.25. The molecular formula is C17H27NO2. The van der Waals surface area contributed by atoms with Gasteiger partial charge in [0.15, 0.2) is 0 Å². The number of aliphatic hydroxyl groups excluding tert-OH is 1. The molecule has 1 aromatic rings. The number of rotatable bonds is 10. The van der Waals surface area contributed by atoms with Gasteiger partial charge in [-0.3, -0.25) is 4.90 Å². The average Bonchev–Trinajstić information content (AvgIpc) is 2.46. The molecule has 0 heterocycles. The quantitative estimate of drug-likeness (QED) is 0.666. The molecule has 0 aliphatic carbocycles. The van der Waals surface area contributed by atoms with E-state index >= 15 is 0 Å². The lowest BCUT2D eigenvalue weighted by Crippen LogP contribution is -2.32. The molecule has 0 unspecified atom stereocenters. The van der Waals surface area contributed by atoms with Gasteiger partial charge in [-0.2, -0.15) is 0 Å². The lowest BCUT2D eigenvalue weighted by Gasteiger charge is -2.24. The number of nitrogens with zero attached hydrogens (tertiary/aromatic N) is 1. The summed E-state index contributed by atoms with van der Waals surface area (Å²) in [5.74, 6) is 0.877. The first-order valence-corrected chi connectivity index (χ1v) is 7.33. The summed E-state index contributed by atoms with van der Waals surface area (Å²) in [5, 5.41) is 10.0. The molecular weight excluding hydrogens is 250 g/mol. The predicted octanol–water partition coefficient (Wildman–Crippen LogP) is 3.23. The van der Waals surface area contributed by atoms with Gasteiger partial charge in [0.1, 0.15) is 5.75 Å². The van der Waals surface area contributed by atoms with Crippen molar-refractivity contribution in [1.29, 1.82) is 0 Å². The van der Waals surface area contributed by atoms with Crippen LogP contribution in [0.1, 0.15) is 31.7 Å². The van der Waals surface area contributed by atoms with Crippen LogP contribution in [-0.4, -0.2) is 36.3 Å². The Labute approximate surface area is 122 Å². The molecule has 0 saturated carbocycles. The molecule has 0 radical (unpaired) electrons. The van der Waals surface area contributed by atoms with Gasteiger partial charge in [-0.1, -0.05) is 25.1 Å². The fraction of sp³-hybridized carbons (Fsp3) is 0.529. The van der Waals surface area contributed by atoms with Crippen LogP contribution in [0.5, 0.6) is 5.75 Å². The molecule has 0 spiro atoms. The number of ether oxygens (including phenoxy) is 1. The number of aliphatic hydroxyl groups is 1. The molecule has 20 heavy (non-hydrogen) atoms. The van der Waals surface area contributed by atoms with Gasteiger partial charge in [0.2, 0.25) is 0 Å². The molecule has 0 fully saturated rings. The summed E-state index contributed by atoms with van der Waals surface area (Å²) >= 11 is 0. The summed E-state index contributed by atoms with van der Waals surface area (Å²) in [6, 6.07) is 8.12. The van der Waals surface area contributed by atoms with E-state index in [0.717, 1.165) is 38.1 Å².